The molecule has 1 aromatic heterocycles. The van der Waals surface area contributed by atoms with Crippen LogP contribution in [0.2, 0.25) is 0 Å². The Morgan fingerprint density at radius 1 is 1.90 bits per heavy atom. The molecule has 0 atom stereocenters. The molecule has 0 amide bonds. The van der Waals surface area contributed by atoms with Crippen LogP contribution in [-0.4, -0.2) is 17.2 Å². The number of nitrogens with zero attached hydrogens (tertiary/aromatic N) is 1. The Kier molecular flexibility index (Phi) is 0.711. The molecule has 0 aromatic carbocycles. The zero-order valence-electron chi connectivity index (χ0n) is 10.3. The first-order valence-electron chi connectivity index (χ1n) is 5.03. The summed E-state index contributed by atoms with van der Waals surface area (Å²) in [7, 11) is 1.17. The molecule has 1 rings (SSSR count). The Bertz CT molecular complexity index is 390. The highest BCUT2D eigenvalue weighted by atomic mass is 16.5. The summed E-state index contributed by atoms with van der Waals surface area (Å²) in [6, 6.07) is -0.538. The van der Waals surface area contributed by atoms with Crippen molar-refractivity contribution in [1.29, 1.82) is 0 Å². The predicted octanol–water partition coefficient (Wildman–Crippen LogP) is 1.10. The minimum Gasteiger partial charge on any atom is -0.506 e. The fourth-order valence-electron chi connectivity index (χ4n) is 0.502. The maximum absolute atomic E-state index is 9.21. The van der Waals surface area contributed by atoms with E-state index in [0.717, 1.165) is 0 Å². The number of aryl methyl sites for hydroxylation is 1. The molecule has 0 unspecified atom stereocenters. The minimum atomic E-state index is -2.58. The van der Waals surface area contributed by atoms with Crippen LogP contribution in [-0.2, 0) is 0 Å². The molecule has 0 radical (unpaired) electrons. The van der Waals surface area contributed by atoms with Crippen molar-refractivity contribution in [3.63, 3.8) is 0 Å². The van der Waals surface area contributed by atoms with E-state index in [0.29, 0.717) is 0 Å². The Morgan fingerprint density at radius 3 is 3.30 bits per heavy atom. The molecule has 0 aliphatic rings. The summed E-state index contributed by atoms with van der Waals surface area (Å²) >= 11 is 0. The Balaban J connectivity index is 3.53. The van der Waals surface area contributed by atoms with Crippen molar-refractivity contribution in [3.05, 3.63) is 17.9 Å². The third kappa shape index (κ3) is 1.18. The van der Waals surface area contributed by atoms with Crippen LogP contribution >= 0.6 is 0 Å². The van der Waals surface area contributed by atoms with Crippen LogP contribution in [0.25, 0.3) is 0 Å². The van der Waals surface area contributed by atoms with Gasteiger partial charge in [-0.15, -0.1) is 0 Å². The Morgan fingerprint density at radius 2 is 2.70 bits per heavy atom. The molecule has 10 heavy (non-hydrogen) atoms. The van der Waals surface area contributed by atoms with E-state index in [9.17, 15) is 5.11 Å². The quantitative estimate of drug-likeness (QED) is 0.641. The molecule has 0 fully saturated rings. The van der Waals surface area contributed by atoms with E-state index in [2.05, 4.69) is 9.72 Å². The molecule has 0 aliphatic heterocycles. The maximum atomic E-state index is 9.21. The van der Waals surface area contributed by atoms with E-state index in [1.165, 1.54) is 7.11 Å². The third-order valence-corrected chi connectivity index (χ3v) is 0.925. The fraction of sp³-hybridized carbons (Fsp3) is 0.286. The fourth-order valence-corrected chi connectivity index (χ4v) is 0.502. The summed E-state index contributed by atoms with van der Waals surface area (Å²) in [5, 5.41) is 9.21. The van der Waals surface area contributed by atoms with E-state index in [4.69, 9.17) is 6.85 Å². The summed E-state index contributed by atoms with van der Waals surface area (Å²) < 4.78 is 40.6. The van der Waals surface area contributed by atoms with Crippen LogP contribution in [0.4, 0.5) is 0 Å². The molecular formula is C7H9NO2. The third-order valence-electron chi connectivity index (χ3n) is 0.925. The SMILES string of the molecule is [2H]c1nc(C([2H])([2H])[2H])c(OC)c([2H])c1O. The first-order chi connectivity index (χ1) is 6.79. The first kappa shape index (κ1) is 2.78. The Labute approximate surface area is 66.3 Å². The summed E-state index contributed by atoms with van der Waals surface area (Å²) in [6.45, 7) is -2.58. The van der Waals surface area contributed by atoms with Gasteiger partial charge < -0.3 is 9.84 Å². The average Bonchev–Trinajstić information content (AvgIpc) is 2.12. The second kappa shape index (κ2) is 2.56. The number of hydrogen-bond donors (Lipinski definition) is 1. The molecule has 0 saturated heterocycles. The van der Waals surface area contributed by atoms with Gasteiger partial charge >= 0.3 is 0 Å². The topological polar surface area (TPSA) is 42.4 Å². The monoisotopic (exact) mass is 144 g/mol. The van der Waals surface area contributed by atoms with Gasteiger partial charge in [0.15, 0.2) is 0 Å². The predicted molar refractivity (Wildman–Crippen MR) is 37.2 cm³/mol. The van der Waals surface area contributed by atoms with Gasteiger partial charge in [-0.3, -0.25) is 4.98 Å². The smallest absolute Gasteiger partial charge is 0.143 e. The average molecular weight is 144 g/mol. The van der Waals surface area contributed by atoms with Gasteiger partial charge in [-0.1, -0.05) is 0 Å². The highest BCUT2D eigenvalue weighted by Crippen LogP contribution is 2.19. The number of methoxy groups -OCH3 is 1. The number of pyridine rings is 1. The molecule has 0 saturated carbocycles. The first-order valence-corrected chi connectivity index (χ1v) is 2.53. The van der Waals surface area contributed by atoms with Gasteiger partial charge in [0.05, 0.1) is 21.7 Å². The zero-order chi connectivity index (χ0) is 11.8. The molecule has 3 heteroatoms. The van der Waals surface area contributed by atoms with E-state index in [1.54, 1.807) is 0 Å². The number of aromatic hydroxyl groups is 1. The highest BCUT2D eigenvalue weighted by Gasteiger charge is 1.98. The van der Waals surface area contributed by atoms with Crippen molar-refractivity contribution in [3.8, 4) is 11.5 Å². The van der Waals surface area contributed by atoms with Crippen molar-refractivity contribution in [2.45, 2.75) is 6.85 Å². The molecule has 1 aromatic rings. The standard InChI is InChI=1S/C7H9NO2/c1-5-7(10-2)3-6(9)4-8-5/h3-4,9H,1-2H3/i1D3,3D,4D. The van der Waals surface area contributed by atoms with Gasteiger partial charge in [-0.25, -0.2) is 0 Å². The van der Waals surface area contributed by atoms with Crippen LogP contribution in [0, 0.1) is 6.85 Å². The van der Waals surface area contributed by atoms with Gasteiger partial charge in [-0.2, -0.15) is 0 Å². The molecule has 54 valence electrons. The molecule has 0 spiro atoms. The Hall–Kier alpha value is -1.25. The van der Waals surface area contributed by atoms with Crippen LogP contribution < -0.4 is 4.74 Å². The lowest BCUT2D eigenvalue weighted by atomic mass is 10.3. The van der Waals surface area contributed by atoms with Gasteiger partial charge in [0, 0.05) is 10.2 Å². The second-order valence-corrected chi connectivity index (χ2v) is 1.58. The minimum absolute atomic E-state index is 0.330. The van der Waals surface area contributed by atoms with E-state index in [1.807, 2.05) is 0 Å². The number of ether oxygens (including phenoxy) is 1. The molecule has 0 aliphatic carbocycles. The zero-order valence-corrected chi connectivity index (χ0v) is 5.30. The molecule has 0 bridgehead atoms. The molecule has 1 heterocycles. The maximum Gasteiger partial charge on any atom is 0.143 e. The van der Waals surface area contributed by atoms with Crippen molar-refractivity contribution in [1.82, 2.24) is 4.98 Å². The van der Waals surface area contributed by atoms with Gasteiger partial charge in [0.2, 0.25) is 0 Å². The van der Waals surface area contributed by atoms with Crippen molar-refractivity contribution in [2.24, 2.45) is 0 Å². The van der Waals surface area contributed by atoms with Gasteiger partial charge in [-0.05, 0) is 6.85 Å². The van der Waals surface area contributed by atoms with E-state index < -0.39 is 30.5 Å². The van der Waals surface area contributed by atoms with Crippen LogP contribution in [0.15, 0.2) is 12.2 Å². The highest BCUT2D eigenvalue weighted by molar-refractivity contribution is 5.32. The lowest BCUT2D eigenvalue weighted by Gasteiger charge is -2.01. The number of hydrogen-bond acceptors (Lipinski definition) is 3. The molecular weight excluding hydrogens is 130 g/mol. The van der Waals surface area contributed by atoms with Crippen molar-refractivity contribution >= 4 is 0 Å². The van der Waals surface area contributed by atoms with Crippen LogP contribution in [0.1, 0.15) is 12.5 Å². The van der Waals surface area contributed by atoms with Gasteiger partial charge in [0.1, 0.15) is 11.5 Å². The van der Waals surface area contributed by atoms with Crippen molar-refractivity contribution in [2.75, 3.05) is 7.11 Å². The summed E-state index contributed by atoms with van der Waals surface area (Å²) in [5.41, 5.74) is -0.488. The summed E-state index contributed by atoms with van der Waals surface area (Å²) in [6.07, 6.45) is -0.646. The van der Waals surface area contributed by atoms with Gasteiger partial charge in [0.25, 0.3) is 0 Å². The van der Waals surface area contributed by atoms with Crippen LogP contribution in [0.3, 0.4) is 0 Å². The van der Waals surface area contributed by atoms with E-state index >= 15 is 0 Å². The van der Waals surface area contributed by atoms with Crippen molar-refractivity contribution < 1.29 is 16.7 Å². The lowest BCUT2D eigenvalue weighted by molar-refractivity contribution is 0.401. The normalized spacial score (nSPS) is 17.9. The largest absolute Gasteiger partial charge is 0.506 e. The lowest BCUT2D eigenvalue weighted by Crippen LogP contribution is -1.88. The summed E-state index contributed by atoms with van der Waals surface area (Å²) in [5.74, 6) is -1.02. The van der Waals surface area contributed by atoms with Crippen LogP contribution in [0.5, 0.6) is 11.5 Å². The second-order valence-electron chi connectivity index (χ2n) is 1.58. The number of aromatic nitrogens is 1. The summed E-state index contributed by atoms with van der Waals surface area (Å²) in [4.78, 5) is 3.38. The number of rotatable bonds is 1. The van der Waals surface area contributed by atoms with E-state index in [-0.39, 0.29) is 5.75 Å². The molecule has 1 N–H and O–H groups in total. The molecule has 3 nitrogen and oxygen atoms in total.